The zero-order chi connectivity index (χ0) is 27.9. The minimum Gasteiger partial charge on any atom is -0.496 e. The van der Waals surface area contributed by atoms with Crippen LogP contribution in [-0.4, -0.2) is 57.1 Å². The molecule has 3 aromatic carbocycles. The van der Waals surface area contributed by atoms with Crippen molar-refractivity contribution in [2.75, 3.05) is 27.9 Å². The maximum atomic E-state index is 12.6. The first-order valence-electron chi connectivity index (χ1n) is 12.3. The molecule has 1 atom stereocenters. The summed E-state index contributed by atoms with van der Waals surface area (Å²) in [5.41, 5.74) is 4.76. The fraction of sp³-hybridized carbons (Fsp3) is 0.276. The molecule has 1 aliphatic rings. The van der Waals surface area contributed by atoms with Gasteiger partial charge in [0, 0.05) is 18.1 Å². The molecule has 3 N–H and O–H groups in total. The van der Waals surface area contributed by atoms with E-state index >= 15 is 0 Å². The predicted octanol–water partition coefficient (Wildman–Crippen LogP) is 3.71. The van der Waals surface area contributed by atoms with Gasteiger partial charge in [-0.25, -0.2) is 9.59 Å². The Labute approximate surface area is 225 Å². The average Bonchev–Trinajstić information content (AvgIpc) is 3.27. The predicted molar refractivity (Wildman–Crippen MR) is 142 cm³/mol. The molecular weight excluding hydrogens is 504 g/mol. The van der Waals surface area contributed by atoms with Crippen LogP contribution in [0.1, 0.15) is 29.0 Å². The zero-order valence-corrected chi connectivity index (χ0v) is 21.9. The minimum atomic E-state index is -1.49. The molecular formula is C29H30N2O8. The smallest absolute Gasteiger partial charge is 0.407 e. The number of carbonyl (C=O) groups is 3. The van der Waals surface area contributed by atoms with Crippen molar-refractivity contribution in [2.45, 2.75) is 24.9 Å². The maximum Gasteiger partial charge on any atom is 0.407 e. The normalized spacial score (nSPS) is 12.5. The van der Waals surface area contributed by atoms with Gasteiger partial charge in [0.05, 0.1) is 39.9 Å². The molecule has 0 saturated carbocycles. The van der Waals surface area contributed by atoms with Crippen LogP contribution < -0.4 is 24.8 Å². The Morgan fingerprint density at radius 3 is 1.95 bits per heavy atom. The van der Waals surface area contributed by atoms with Crippen molar-refractivity contribution in [1.29, 1.82) is 0 Å². The number of hydrogen-bond acceptors (Lipinski definition) is 7. The average molecular weight is 535 g/mol. The Kier molecular flexibility index (Phi) is 8.55. The van der Waals surface area contributed by atoms with Gasteiger partial charge in [0.1, 0.15) is 29.9 Å². The van der Waals surface area contributed by atoms with Gasteiger partial charge in [-0.15, -0.1) is 0 Å². The molecule has 0 aliphatic heterocycles. The lowest BCUT2D eigenvalue weighted by Crippen LogP contribution is -2.44. The van der Waals surface area contributed by atoms with Crippen molar-refractivity contribution in [3.05, 3.63) is 77.4 Å². The van der Waals surface area contributed by atoms with Crippen LogP contribution in [0.3, 0.4) is 0 Å². The summed E-state index contributed by atoms with van der Waals surface area (Å²) in [4.78, 5) is 37.0. The molecule has 0 heterocycles. The quantitative estimate of drug-likeness (QED) is 0.339. The Balaban J connectivity index is 1.35. The van der Waals surface area contributed by atoms with Gasteiger partial charge in [0.2, 0.25) is 5.91 Å². The fourth-order valence-corrected chi connectivity index (χ4v) is 4.68. The van der Waals surface area contributed by atoms with Crippen molar-refractivity contribution in [3.63, 3.8) is 0 Å². The molecule has 0 radical (unpaired) electrons. The highest BCUT2D eigenvalue weighted by molar-refractivity contribution is 5.87. The third-order valence-electron chi connectivity index (χ3n) is 6.60. The first kappa shape index (κ1) is 27.3. The Bertz CT molecular complexity index is 1300. The van der Waals surface area contributed by atoms with Gasteiger partial charge >= 0.3 is 12.1 Å². The van der Waals surface area contributed by atoms with Crippen LogP contribution in [0.15, 0.2) is 60.7 Å². The van der Waals surface area contributed by atoms with Crippen LogP contribution in [0.5, 0.6) is 17.2 Å². The van der Waals surface area contributed by atoms with Gasteiger partial charge in [-0.2, -0.15) is 0 Å². The highest BCUT2D eigenvalue weighted by Crippen LogP contribution is 2.44. The topological polar surface area (TPSA) is 132 Å². The lowest BCUT2D eigenvalue weighted by atomic mass is 9.98. The van der Waals surface area contributed by atoms with Gasteiger partial charge in [0.25, 0.3) is 0 Å². The van der Waals surface area contributed by atoms with Crippen LogP contribution >= 0.6 is 0 Å². The summed E-state index contributed by atoms with van der Waals surface area (Å²) in [5, 5.41) is 14.6. The number of alkyl carbamates (subject to hydrolysis) is 1. The van der Waals surface area contributed by atoms with Crippen molar-refractivity contribution in [3.8, 4) is 28.4 Å². The zero-order valence-electron chi connectivity index (χ0n) is 21.9. The van der Waals surface area contributed by atoms with E-state index < -0.39 is 30.4 Å². The highest BCUT2D eigenvalue weighted by atomic mass is 16.5. The molecule has 0 saturated heterocycles. The fourth-order valence-electron chi connectivity index (χ4n) is 4.68. The second-order valence-corrected chi connectivity index (χ2v) is 8.85. The number of amides is 2. The molecule has 0 spiro atoms. The van der Waals surface area contributed by atoms with E-state index in [4.69, 9.17) is 18.9 Å². The number of aliphatic carboxylic acids is 1. The number of ether oxygens (including phenoxy) is 4. The number of carbonyl (C=O) groups excluding carboxylic acids is 2. The number of carboxylic acid groups (broad SMARTS) is 1. The summed E-state index contributed by atoms with van der Waals surface area (Å²) < 4.78 is 21.4. The first-order chi connectivity index (χ1) is 18.9. The number of fused-ring (bicyclic) bond motifs is 3. The summed E-state index contributed by atoms with van der Waals surface area (Å²) in [5.74, 6) is -0.767. The standard InChI is InChI=1S/C29H30N2O8/c1-36-17-12-25(37-2)22(26(13-17)38-3)15-30-27(32)14-24(28(33)34)31-29(35)39-16-23-20-10-6-4-8-18(20)19-9-5-7-11-21(19)23/h4-13,23-24H,14-16H2,1-3H3,(H,30,32)(H,31,35)(H,33,34)/t24-/m1/s1. The molecule has 0 aromatic heterocycles. The Morgan fingerprint density at radius 1 is 0.872 bits per heavy atom. The Hall–Kier alpha value is -4.73. The van der Waals surface area contributed by atoms with Crippen molar-refractivity contribution in [2.24, 2.45) is 0 Å². The van der Waals surface area contributed by atoms with Crippen LogP contribution in [0, 0.1) is 0 Å². The number of benzene rings is 3. The summed E-state index contributed by atoms with van der Waals surface area (Å²) in [6.07, 6.45) is -1.42. The Morgan fingerprint density at radius 2 is 1.44 bits per heavy atom. The van der Waals surface area contributed by atoms with Gasteiger partial charge in [-0.05, 0) is 22.3 Å². The SMILES string of the molecule is COc1cc(OC)c(CNC(=O)C[C@@H](NC(=O)OCC2c3ccccc3-c3ccccc32)C(=O)O)c(OC)c1. The van der Waals surface area contributed by atoms with Gasteiger partial charge in [-0.1, -0.05) is 48.5 Å². The molecule has 1 aliphatic carbocycles. The van der Waals surface area contributed by atoms with Crippen LogP contribution in [0.25, 0.3) is 11.1 Å². The third kappa shape index (κ3) is 6.06. The van der Waals surface area contributed by atoms with Crippen LogP contribution in [0.2, 0.25) is 0 Å². The number of methoxy groups -OCH3 is 3. The van der Waals surface area contributed by atoms with E-state index in [1.165, 1.54) is 21.3 Å². The molecule has 4 rings (SSSR count). The molecule has 0 bridgehead atoms. The summed E-state index contributed by atoms with van der Waals surface area (Å²) in [6.45, 7) is 0.0297. The lowest BCUT2D eigenvalue weighted by Gasteiger charge is -2.18. The second kappa shape index (κ2) is 12.2. The van der Waals surface area contributed by atoms with Crippen LogP contribution in [0.4, 0.5) is 4.79 Å². The second-order valence-electron chi connectivity index (χ2n) is 8.85. The van der Waals surface area contributed by atoms with Crippen LogP contribution in [-0.2, 0) is 20.9 Å². The summed E-state index contributed by atoms with van der Waals surface area (Å²) in [7, 11) is 4.45. The number of nitrogens with one attached hydrogen (secondary N) is 2. The van der Waals surface area contributed by atoms with E-state index in [1.807, 2.05) is 48.5 Å². The number of hydrogen-bond donors (Lipinski definition) is 3. The third-order valence-corrected chi connectivity index (χ3v) is 6.60. The van der Waals surface area contributed by atoms with E-state index in [0.717, 1.165) is 22.3 Å². The minimum absolute atomic E-state index is 0.00641. The van der Waals surface area contributed by atoms with E-state index in [0.29, 0.717) is 22.8 Å². The van der Waals surface area contributed by atoms with Crippen molar-refractivity contribution < 1.29 is 38.4 Å². The molecule has 3 aromatic rings. The number of carboxylic acids is 1. The molecule has 204 valence electrons. The van der Waals surface area contributed by atoms with E-state index in [-0.39, 0.29) is 19.1 Å². The van der Waals surface area contributed by atoms with E-state index in [2.05, 4.69) is 10.6 Å². The molecule has 10 heteroatoms. The molecule has 0 fully saturated rings. The lowest BCUT2D eigenvalue weighted by molar-refractivity contribution is -0.141. The molecule has 2 amide bonds. The van der Waals surface area contributed by atoms with Crippen molar-refractivity contribution >= 4 is 18.0 Å². The van der Waals surface area contributed by atoms with Crippen molar-refractivity contribution in [1.82, 2.24) is 10.6 Å². The van der Waals surface area contributed by atoms with E-state index in [9.17, 15) is 19.5 Å². The largest absolute Gasteiger partial charge is 0.496 e. The maximum absolute atomic E-state index is 12.6. The highest BCUT2D eigenvalue weighted by Gasteiger charge is 2.30. The molecule has 39 heavy (non-hydrogen) atoms. The monoisotopic (exact) mass is 534 g/mol. The first-order valence-corrected chi connectivity index (χ1v) is 12.3. The van der Waals surface area contributed by atoms with Gasteiger partial charge < -0.3 is 34.7 Å². The molecule has 0 unspecified atom stereocenters. The number of rotatable bonds is 11. The van der Waals surface area contributed by atoms with Gasteiger partial charge in [-0.3, -0.25) is 4.79 Å². The van der Waals surface area contributed by atoms with E-state index in [1.54, 1.807) is 12.1 Å². The van der Waals surface area contributed by atoms with Gasteiger partial charge in [0.15, 0.2) is 0 Å². The summed E-state index contributed by atoms with van der Waals surface area (Å²) >= 11 is 0. The summed E-state index contributed by atoms with van der Waals surface area (Å²) in [6, 6.07) is 17.6. The molecule has 10 nitrogen and oxygen atoms in total.